The van der Waals surface area contributed by atoms with Crippen LogP contribution in [0.4, 0.5) is 13.2 Å². The third-order valence-corrected chi connectivity index (χ3v) is 6.34. The SMILES string of the molecule is COc1ccccc1CNC(=O)[C@]1(C)Cc2ccccc2C(=O)N1Cc1cccc(C(F)(F)F)c1. The molecule has 0 fully saturated rings. The fourth-order valence-corrected chi connectivity index (χ4v) is 4.41. The van der Waals surface area contributed by atoms with Crippen LogP contribution in [0.15, 0.2) is 72.8 Å². The quantitative estimate of drug-likeness (QED) is 0.539. The number of nitrogens with one attached hydrogen (secondary N) is 1. The van der Waals surface area contributed by atoms with Gasteiger partial charge in [-0.25, -0.2) is 0 Å². The largest absolute Gasteiger partial charge is 0.496 e. The van der Waals surface area contributed by atoms with E-state index >= 15 is 0 Å². The number of para-hydroxylation sites is 1. The van der Waals surface area contributed by atoms with Crippen molar-refractivity contribution in [1.82, 2.24) is 10.2 Å². The van der Waals surface area contributed by atoms with Crippen molar-refractivity contribution in [2.24, 2.45) is 0 Å². The number of alkyl halides is 3. The molecule has 0 bridgehead atoms. The summed E-state index contributed by atoms with van der Waals surface area (Å²) in [4.78, 5) is 28.4. The van der Waals surface area contributed by atoms with Crippen molar-refractivity contribution < 1.29 is 27.5 Å². The number of hydrogen-bond donors (Lipinski definition) is 1. The third kappa shape index (κ3) is 4.87. The molecule has 1 aliphatic heterocycles. The smallest absolute Gasteiger partial charge is 0.416 e. The summed E-state index contributed by atoms with van der Waals surface area (Å²) in [6.07, 6.45) is -4.28. The van der Waals surface area contributed by atoms with E-state index in [0.717, 1.165) is 17.7 Å². The average molecular weight is 483 g/mol. The van der Waals surface area contributed by atoms with Crippen LogP contribution in [-0.4, -0.2) is 29.4 Å². The molecular formula is C27H25F3N2O3. The summed E-state index contributed by atoms with van der Waals surface area (Å²) >= 11 is 0. The maximum atomic E-state index is 13.5. The molecule has 2 amide bonds. The van der Waals surface area contributed by atoms with Crippen molar-refractivity contribution in [3.05, 3.63) is 101 Å². The van der Waals surface area contributed by atoms with E-state index in [1.807, 2.05) is 18.2 Å². The molecule has 182 valence electrons. The van der Waals surface area contributed by atoms with Gasteiger partial charge >= 0.3 is 6.18 Å². The van der Waals surface area contributed by atoms with Crippen LogP contribution in [-0.2, 0) is 30.5 Å². The zero-order valence-electron chi connectivity index (χ0n) is 19.4. The Morgan fingerprint density at radius 1 is 1.06 bits per heavy atom. The Balaban J connectivity index is 1.67. The average Bonchev–Trinajstić information content (AvgIpc) is 2.85. The lowest BCUT2D eigenvalue weighted by Crippen LogP contribution is -2.62. The monoisotopic (exact) mass is 482 g/mol. The number of rotatable bonds is 6. The van der Waals surface area contributed by atoms with E-state index in [1.54, 1.807) is 37.3 Å². The number of fused-ring (bicyclic) bond motifs is 1. The first-order chi connectivity index (χ1) is 16.6. The number of carbonyl (C=O) groups excluding carboxylic acids is 2. The summed E-state index contributed by atoms with van der Waals surface area (Å²) in [6.45, 7) is 1.67. The summed E-state index contributed by atoms with van der Waals surface area (Å²) in [6, 6.07) is 19.1. The molecule has 3 aromatic carbocycles. The molecule has 3 aromatic rings. The van der Waals surface area contributed by atoms with Crippen LogP contribution in [0.1, 0.15) is 39.5 Å². The molecule has 1 aliphatic rings. The molecule has 0 unspecified atom stereocenters. The van der Waals surface area contributed by atoms with Crippen molar-refractivity contribution in [3.63, 3.8) is 0 Å². The van der Waals surface area contributed by atoms with E-state index in [1.165, 1.54) is 24.1 Å². The predicted octanol–water partition coefficient (Wildman–Crippen LogP) is 4.99. The van der Waals surface area contributed by atoms with Crippen LogP contribution < -0.4 is 10.1 Å². The van der Waals surface area contributed by atoms with E-state index in [0.29, 0.717) is 16.9 Å². The fraction of sp³-hybridized carbons (Fsp3) is 0.259. The Kier molecular flexibility index (Phi) is 6.56. The molecule has 0 saturated carbocycles. The number of hydrogen-bond acceptors (Lipinski definition) is 3. The summed E-state index contributed by atoms with van der Waals surface area (Å²) in [5.74, 6) is -0.193. The number of carbonyl (C=O) groups is 2. The maximum absolute atomic E-state index is 13.5. The first-order valence-corrected chi connectivity index (χ1v) is 11.1. The topological polar surface area (TPSA) is 58.6 Å². The molecular weight excluding hydrogens is 457 g/mol. The van der Waals surface area contributed by atoms with Crippen LogP contribution in [0.3, 0.4) is 0 Å². The highest BCUT2D eigenvalue weighted by Crippen LogP contribution is 2.34. The van der Waals surface area contributed by atoms with Crippen molar-refractivity contribution in [2.75, 3.05) is 7.11 Å². The van der Waals surface area contributed by atoms with Gasteiger partial charge in [0.25, 0.3) is 5.91 Å². The molecule has 5 nitrogen and oxygen atoms in total. The summed E-state index contributed by atoms with van der Waals surface area (Å²) in [7, 11) is 1.54. The molecule has 35 heavy (non-hydrogen) atoms. The zero-order valence-corrected chi connectivity index (χ0v) is 19.4. The van der Waals surface area contributed by atoms with Gasteiger partial charge < -0.3 is 15.0 Å². The van der Waals surface area contributed by atoms with E-state index in [-0.39, 0.29) is 25.1 Å². The van der Waals surface area contributed by atoms with Gasteiger partial charge in [0.05, 0.1) is 12.7 Å². The molecule has 1 N–H and O–H groups in total. The van der Waals surface area contributed by atoms with E-state index in [9.17, 15) is 22.8 Å². The Labute approximate surface area is 201 Å². The highest BCUT2D eigenvalue weighted by atomic mass is 19.4. The summed E-state index contributed by atoms with van der Waals surface area (Å²) in [5, 5.41) is 2.89. The van der Waals surface area contributed by atoms with Gasteiger partial charge in [-0.3, -0.25) is 9.59 Å². The van der Waals surface area contributed by atoms with Crippen LogP contribution in [0.25, 0.3) is 0 Å². The van der Waals surface area contributed by atoms with E-state index in [4.69, 9.17) is 4.74 Å². The normalized spacial score (nSPS) is 17.6. The number of benzene rings is 3. The zero-order chi connectivity index (χ0) is 25.2. The van der Waals surface area contributed by atoms with Gasteiger partial charge in [-0.1, -0.05) is 48.5 Å². The molecule has 0 aromatic heterocycles. The maximum Gasteiger partial charge on any atom is 0.416 e. The Bertz CT molecular complexity index is 1260. The predicted molar refractivity (Wildman–Crippen MR) is 125 cm³/mol. The first kappa shape index (κ1) is 24.3. The van der Waals surface area contributed by atoms with E-state index in [2.05, 4.69) is 5.32 Å². The van der Waals surface area contributed by atoms with Gasteiger partial charge in [0.15, 0.2) is 0 Å². The number of ether oxygens (including phenoxy) is 1. The van der Waals surface area contributed by atoms with Crippen molar-refractivity contribution in [1.29, 1.82) is 0 Å². The minimum atomic E-state index is -4.51. The van der Waals surface area contributed by atoms with Gasteiger partial charge in [0, 0.05) is 30.6 Å². The molecule has 0 spiro atoms. The van der Waals surface area contributed by atoms with Crippen LogP contribution in [0.2, 0.25) is 0 Å². The Hall–Kier alpha value is -3.81. The number of amides is 2. The lowest BCUT2D eigenvalue weighted by molar-refractivity contribution is -0.137. The number of methoxy groups -OCH3 is 1. The highest BCUT2D eigenvalue weighted by molar-refractivity contribution is 6.02. The van der Waals surface area contributed by atoms with Crippen LogP contribution in [0.5, 0.6) is 5.75 Å². The van der Waals surface area contributed by atoms with Crippen molar-refractivity contribution in [2.45, 2.75) is 38.1 Å². The minimum absolute atomic E-state index is 0.143. The highest BCUT2D eigenvalue weighted by Gasteiger charge is 2.46. The van der Waals surface area contributed by atoms with Gasteiger partial charge in [0.1, 0.15) is 11.3 Å². The van der Waals surface area contributed by atoms with Crippen molar-refractivity contribution >= 4 is 11.8 Å². The standard InChI is InChI=1S/C27H25F3N2O3/c1-26(25(34)31-16-20-10-4-6-13-23(20)35-2)15-19-9-3-5-12-22(19)24(33)32(26)17-18-8-7-11-21(14-18)27(28,29)30/h3-14H,15-17H2,1-2H3,(H,31,34)/t26-/m0/s1. The minimum Gasteiger partial charge on any atom is -0.496 e. The number of nitrogens with zero attached hydrogens (tertiary/aromatic N) is 1. The van der Waals surface area contributed by atoms with E-state index < -0.39 is 29.1 Å². The van der Waals surface area contributed by atoms with Gasteiger partial charge in [-0.2, -0.15) is 13.2 Å². The first-order valence-electron chi connectivity index (χ1n) is 11.1. The van der Waals surface area contributed by atoms with Gasteiger partial charge in [-0.05, 0) is 42.3 Å². The fourth-order valence-electron chi connectivity index (χ4n) is 4.41. The molecule has 4 rings (SSSR count). The molecule has 0 saturated heterocycles. The van der Waals surface area contributed by atoms with Gasteiger partial charge in [-0.15, -0.1) is 0 Å². The van der Waals surface area contributed by atoms with Crippen molar-refractivity contribution in [3.8, 4) is 5.75 Å². The van der Waals surface area contributed by atoms with Crippen LogP contribution in [0, 0.1) is 0 Å². The molecule has 0 radical (unpaired) electrons. The molecule has 8 heteroatoms. The van der Waals surface area contributed by atoms with Crippen LogP contribution >= 0.6 is 0 Å². The lowest BCUT2D eigenvalue weighted by atomic mass is 9.82. The second kappa shape index (κ2) is 9.44. The second-order valence-corrected chi connectivity index (χ2v) is 8.69. The summed E-state index contributed by atoms with van der Waals surface area (Å²) < 4.78 is 45.1. The number of halogens is 3. The lowest BCUT2D eigenvalue weighted by Gasteiger charge is -2.44. The second-order valence-electron chi connectivity index (χ2n) is 8.69. The summed E-state index contributed by atoms with van der Waals surface area (Å²) in [5.41, 5.74) is 0.0847. The third-order valence-electron chi connectivity index (χ3n) is 6.34. The molecule has 1 atom stereocenters. The van der Waals surface area contributed by atoms with Gasteiger partial charge in [0.2, 0.25) is 5.91 Å². The molecule has 0 aliphatic carbocycles. The Morgan fingerprint density at radius 3 is 2.51 bits per heavy atom. The molecule has 1 heterocycles. The Morgan fingerprint density at radius 2 is 1.77 bits per heavy atom.